The summed E-state index contributed by atoms with van der Waals surface area (Å²) in [7, 11) is 4.12. The number of nitro groups is 3. The maximum atomic E-state index is 11.3. The predicted octanol–water partition coefficient (Wildman–Crippen LogP) is 3.57. The van der Waals surface area contributed by atoms with E-state index in [9.17, 15) is 30.3 Å². The quantitative estimate of drug-likeness (QED) is 0.305. The Labute approximate surface area is 201 Å². The molecule has 1 aliphatic heterocycles. The SMILES string of the molecule is CC1=C(c2ccc([N+](=O)[O-])cc2)[B-](c2ccc([N+](=O)[O-])cc2)(c2ccc([N+](=O)[O-])cc2)[N+](C)(C)C1. The zero-order valence-corrected chi connectivity index (χ0v) is 19.5. The monoisotopic (exact) mass is 474 g/mol. The first-order valence-electron chi connectivity index (χ1n) is 10.9. The Morgan fingerprint density at radius 3 is 1.34 bits per heavy atom. The molecule has 0 amide bonds. The molecule has 35 heavy (non-hydrogen) atoms. The highest BCUT2D eigenvalue weighted by Crippen LogP contribution is 2.41. The first kappa shape index (κ1) is 23.8. The van der Waals surface area contributed by atoms with Crippen LogP contribution in [-0.2, 0) is 0 Å². The van der Waals surface area contributed by atoms with Gasteiger partial charge in [-0.25, -0.2) is 0 Å². The average Bonchev–Trinajstić information content (AvgIpc) is 3.04. The highest BCUT2D eigenvalue weighted by molar-refractivity contribution is 7.10. The number of quaternary nitrogens is 1. The van der Waals surface area contributed by atoms with Crippen molar-refractivity contribution in [1.29, 1.82) is 0 Å². The lowest BCUT2D eigenvalue weighted by atomic mass is 9.21. The first-order valence-corrected chi connectivity index (χ1v) is 10.9. The summed E-state index contributed by atoms with van der Waals surface area (Å²) in [6, 6.07) is 19.2. The lowest BCUT2D eigenvalue weighted by Gasteiger charge is -2.53. The maximum Gasteiger partial charge on any atom is 0.291 e. The Hall–Kier alpha value is -4.38. The molecule has 0 aliphatic carbocycles. The third-order valence-corrected chi connectivity index (χ3v) is 7.13. The van der Waals surface area contributed by atoms with E-state index in [4.69, 9.17) is 0 Å². The van der Waals surface area contributed by atoms with Crippen molar-refractivity contribution < 1.29 is 19.2 Å². The number of benzene rings is 3. The summed E-state index contributed by atoms with van der Waals surface area (Å²) in [6.07, 6.45) is -1.84. The molecule has 0 fully saturated rings. The van der Waals surface area contributed by atoms with Gasteiger partial charge in [0.05, 0.1) is 21.3 Å². The highest BCUT2D eigenvalue weighted by Gasteiger charge is 2.52. The zero-order valence-electron chi connectivity index (χ0n) is 19.5. The van der Waals surface area contributed by atoms with Crippen molar-refractivity contribution in [3.8, 4) is 0 Å². The molecular weight excluding hydrogens is 451 g/mol. The van der Waals surface area contributed by atoms with Crippen LogP contribution in [0.2, 0.25) is 0 Å². The molecule has 1 aliphatic rings. The van der Waals surface area contributed by atoms with Crippen LogP contribution in [0.5, 0.6) is 0 Å². The van der Waals surface area contributed by atoms with Gasteiger partial charge < -0.3 is 4.39 Å². The van der Waals surface area contributed by atoms with Crippen LogP contribution in [0.3, 0.4) is 0 Å². The minimum Gasteiger partial charge on any atom is -0.505 e. The van der Waals surface area contributed by atoms with Gasteiger partial charge in [-0.2, -0.15) is 0 Å². The fraction of sp³-hybridized carbons (Fsp3) is 0.167. The van der Waals surface area contributed by atoms with Crippen LogP contribution in [0.4, 0.5) is 17.1 Å². The Balaban J connectivity index is 2.04. The molecule has 0 saturated heterocycles. The van der Waals surface area contributed by atoms with Crippen LogP contribution in [0.25, 0.3) is 5.47 Å². The number of hydrogen-bond donors (Lipinski definition) is 0. The largest absolute Gasteiger partial charge is 0.505 e. The molecule has 0 aromatic heterocycles. The summed E-state index contributed by atoms with van der Waals surface area (Å²) in [4.78, 5) is 32.5. The molecule has 0 radical (unpaired) electrons. The Morgan fingerprint density at radius 2 is 1.00 bits per heavy atom. The normalized spacial score (nSPS) is 16.2. The van der Waals surface area contributed by atoms with Crippen LogP contribution in [0.15, 0.2) is 78.4 Å². The van der Waals surface area contributed by atoms with E-state index < -0.39 is 21.1 Å². The number of likely N-dealkylation sites (N-methyl/N-ethyl adjacent to an activating group) is 1. The molecule has 0 saturated carbocycles. The van der Waals surface area contributed by atoms with Crippen LogP contribution < -0.4 is 10.9 Å². The smallest absolute Gasteiger partial charge is 0.291 e. The van der Waals surface area contributed by atoms with Crippen molar-refractivity contribution in [1.82, 2.24) is 0 Å². The van der Waals surface area contributed by atoms with Crippen molar-refractivity contribution in [2.45, 2.75) is 6.92 Å². The van der Waals surface area contributed by atoms with Crippen LogP contribution >= 0.6 is 0 Å². The average molecular weight is 474 g/mol. The second-order valence-corrected chi connectivity index (χ2v) is 9.45. The summed E-state index contributed by atoms with van der Waals surface area (Å²) < 4.78 is 0.466. The summed E-state index contributed by atoms with van der Waals surface area (Å²) in [5.74, 6) is 0. The van der Waals surface area contributed by atoms with Gasteiger partial charge in [0.25, 0.3) is 23.3 Å². The molecule has 1 heterocycles. The summed E-state index contributed by atoms with van der Waals surface area (Å²) >= 11 is 0. The van der Waals surface area contributed by atoms with Gasteiger partial charge in [-0.15, -0.1) is 16.4 Å². The van der Waals surface area contributed by atoms with Crippen molar-refractivity contribution in [3.63, 3.8) is 0 Å². The Morgan fingerprint density at radius 1 is 0.657 bits per heavy atom. The van der Waals surface area contributed by atoms with Crippen LogP contribution in [-0.4, -0.2) is 46.1 Å². The molecular formula is C24H23BN4O6. The van der Waals surface area contributed by atoms with E-state index in [-0.39, 0.29) is 17.1 Å². The molecule has 3 aromatic carbocycles. The van der Waals surface area contributed by atoms with Gasteiger partial charge in [0.2, 0.25) is 0 Å². The maximum absolute atomic E-state index is 11.3. The van der Waals surface area contributed by atoms with E-state index in [0.717, 1.165) is 27.5 Å². The van der Waals surface area contributed by atoms with Crippen LogP contribution in [0, 0.1) is 30.3 Å². The van der Waals surface area contributed by atoms with Gasteiger partial charge in [0.1, 0.15) is 0 Å². The molecule has 0 atom stereocenters. The number of non-ortho nitro benzene ring substituents is 3. The second kappa shape index (κ2) is 8.44. The molecule has 0 unspecified atom stereocenters. The lowest BCUT2D eigenvalue weighted by molar-refractivity contribution is -0.777. The van der Waals surface area contributed by atoms with E-state index in [0.29, 0.717) is 10.9 Å². The molecule has 11 heteroatoms. The fourth-order valence-electron chi connectivity index (χ4n) is 5.87. The number of hydrogen-bond acceptors (Lipinski definition) is 6. The molecule has 4 rings (SSSR count). The van der Waals surface area contributed by atoms with Crippen molar-refractivity contribution in [3.05, 3.63) is 114 Å². The minimum atomic E-state index is -1.84. The van der Waals surface area contributed by atoms with Crippen molar-refractivity contribution in [2.24, 2.45) is 0 Å². The summed E-state index contributed by atoms with van der Waals surface area (Å²) in [5, 5.41) is 33.9. The van der Waals surface area contributed by atoms with Crippen molar-refractivity contribution in [2.75, 3.05) is 20.6 Å². The first-order chi connectivity index (χ1) is 16.5. The summed E-state index contributed by atoms with van der Waals surface area (Å²) in [5.41, 5.74) is 4.40. The Kier molecular flexibility index (Phi) is 5.73. The third-order valence-electron chi connectivity index (χ3n) is 7.13. The standard InChI is InChI=1S/C24H23BN4O6/c1-17-16-29(2,3)25(19-6-12-22(13-7-19)27(32)33,20-8-14-23(15-9-20)28(34)35)24(17)18-4-10-21(11-5-18)26(30)31/h4-15H,16H2,1-3H3. The molecule has 178 valence electrons. The Bertz CT molecular complexity index is 1310. The van der Waals surface area contributed by atoms with Gasteiger partial charge in [0, 0.05) is 50.5 Å². The molecule has 0 bridgehead atoms. The third kappa shape index (κ3) is 3.75. The van der Waals surface area contributed by atoms with Crippen molar-refractivity contribution >= 4 is 39.7 Å². The van der Waals surface area contributed by atoms with Gasteiger partial charge in [-0.1, -0.05) is 47.5 Å². The highest BCUT2D eigenvalue weighted by atomic mass is 16.6. The van der Waals surface area contributed by atoms with Gasteiger partial charge in [-0.3, -0.25) is 30.3 Å². The molecule has 0 spiro atoms. The fourth-order valence-corrected chi connectivity index (χ4v) is 5.87. The van der Waals surface area contributed by atoms with E-state index >= 15 is 0 Å². The van der Waals surface area contributed by atoms with E-state index in [2.05, 4.69) is 14.1 Å². The minimum absolute atomic E-state index is 0.0254. The topological polar surface area (TPSA) is 129 Å². The van der Waals surface area contributed by atoms with Crippen LogP contribution in [0.1, 0.15) is 12.5 Å². The number of rotatable bonds is 6. The number of nitrogens with zero attached hydrogens (tertiary/aromatic N) is 4. The van der Waals surface area contributed by atoms with Gasteiger partial charge >= 0.3 is 0 Å². The van der Waals surface area contributed by atoms with E-state index in [1.54, 1.807) is 36.4 Å². The van der Waals surface area contributed by atoms with E-state index in [1.807, 2.05) is 6.92 Å². The molecule has 3 aromatic rings. The number of nitro benzene ring substituents is 3. The van der Waals surface area contributed by atoms with E-state index in [1.165, 1.54) is 36.4 Å². The zero-order chi connectivity index (χ0) is 25.5. The predicted molar refractivity (Wildman–Crippen MR) is 134 cm³/mol. The second-order valence-electron chi connectivity index (χ2n) is 9.45. The summed E-state index contributed by atoms with van der Waals surface area (Å²) in [6.45, 7) is 2.66. The lowest BCUT2D eigenvalue weighted by Crippen LogP contribution is -2.75. The molecule has 10 nitrogen and oxygen atoms in total. The van der Waals surface area contributed by atoms with Gasteiger partial charge in [-0.05, 0) is 6.92 Å². The van der Waals surface area contributed by atoms with Gasteiger partial charge in [0.15, 0.2) is 0 Å². The molecule has 0 N–H and O–H groups in total.